The maximum atomic E-state index is 10.4. The van der Waals surface area contributed by atoms with Crippen molar-refractivity contribution in [2.75, 3.05) is 26.8 Å². The number of aliphatic hydroxyl groups excluding tert-OH is 1. The van der Waals surface area contributed by atoms with Crippen LogP contribution in [0.5, 0.6) is 5.75 Å². The van der Waals surface area contributed by atoms with E-state index in [2.05, 4.69) is 29.1 Å². The SMILES string of the molecule is C=CCNC(=NCC(O)c1ccc(OC)cc1)NC(C)C1CCCO1.I. The average molecular weight is 475 g/mol. The van der Waals surface area contributed by atoms with Crippen LogP contribution in [0, 0.1) is 0 Å². The summed E-state index contributed by atoms with van der Waals surface area (Å²) in [5.41, 5.74) is 0.805. The topological polar surface area (TPSA) is 75.1 Å². The molecule has 0 saturated carbocycles. The van der Waals surface area contributed by atoms with Crippen LogP contribution in [0.4, 0.5) is 0 Å². The van der Waals surface area contributed by atoms with Crippen LogP contribution in [0.25, 0.3) is 0 Å². The molecule has 1 aromatic rings. The minimum absolute atomic E-state index is 0. The molecule has 0 aromatic heterocycles. The van der Waals surface area contributed by atoms with Gasteiger partial charge < -0.3 is 25.2 Å². The van der Waals surface area contributed by atoms with Crippen molar-refractivity contribution in [3.63, 3.8) is 0 Å². The first-order valence-corrected chi connectivity index (χ1v) is 8.73. The van der Waals surface area contributed by atoms with Gasteiger partial charge in [-0.05, 0) is 37.5 Å². The molecular formula is C19H30IN3O3. The molecule has 1 aromatic carbocycles. The number of nitrogens with zero attached hydrogens (tertiary/aromatic N) is 1. The highest BCUT2D eigenvalue weighted by molar-refractivity contribution is 14.0. The molecule has 1 fully saturated rings. The van der Waals surface area contributed by atoms with Crippen LogP contribution in [0.1, 0.15) is 31.4 Å². The Morgan fingerprint density at radius 1 is 1.46 bits per heavy atom. The summed E-state index contributed by atoms with van der Waals surface area (Å²) in [4.78, 5) is 4.50. The van der Waals surface area contributed by atoms with E-state index >= 15 is 0 Å². The Balaban J connectivity index is 0.00000338. The van der Waals surface area contributed by atoms with Gasteiger partial charge in [0.15, 0.2) is 5.96 Å². The van der Waals surface area contributed by atoms with E-state index in [9.17, 15) is 5.11 Å². The zero-order valence-corrected chi connectivity index (χ0v) is 17.8. The van der Waals surface area contributed by atoms with Crippen molar-refractivity contribution in [3.8, 4) is 5.75 Å². The van der Waals surface area contributed by atoms with Gasteiger partial charge in [-0.2, -0.15) is 0 Å². The Morgan fingerprint density at radius 3 is 2.77 bits per heavy atom. The predicted molar refractivity (Wildman–Crippen MR) is 115 cm³/mol. The average Bonchev–Trinajstić information content (AvgIpc) is 3.18. The third-order valence-electron chi connectivity index (χ3n) is 4.22. The Bertz CT molecular complexity index is 560. The van der Waals surface area contributed by atoms with Gasteiger partial charge in [-0.3, -0.25) is 4.99 Å². The lowest BCUT2D eigenvalue weighted by molar-refractivity contribution is 0.0890. The van der Waals surface area contributed by atoms with E-state index < -0.39 is 6.10 Å². The van der Waals surface area contributed by atoms with Gasteiger partial charge in [0.2, 0.25) is 0 Å². The molecule has 1 aliphatic rings. The van der Waals surface area contributed by atoms with Crippen molar-refractivity contribution in [1.82, 2.24) is 10.6 Å². The van der Waals surface area contributed by atoms with Crippen molar-refractivity contribution < 1.29 is 14.6 Å². The van der Waals surface area contributed by atoms with Crippen LogP contribution in [0.3, 0.4) is 0 Å². The van der Waals surface area contributed by atoms with E-state index in [1.807, 2.05) is 24.3 Å². The number of nitrogens with one attached hydrogen (secondary N) is 2. The quantitative estimate of drug-likeness (QED) is 0.233. The number of rotatable bonds is 8. The van der Waals surface area contributed by atoms with Crippen LogP contribution in [-0.2, 0) is 4.74 Å². The molecule has 0 spiro atoms. The molecule has 7 heteroatoms. The molecular weight excluding hydrogens is 445 g/mol. The molecule has 3 unspecified atom stereocenters. The van der Waals surface area contributed by atoms with Gasteiger partial charge in [-0.15, -0.1) is 30.6 Å². The standard InChI is InChI=1S/C19H29N3O3.HI/c1-4-11-20-19(22-14(2)18-6-5-12-25-18)21-13-17(23)15-7-9-16(24-3)10-8-15;/h4,7-10,14,17-18,23H,1,5-6,11-13H2,2-3H3,(H2,20,21,22);1H. The summed E-state index contributed by atoms with van der Waals surface area (Å²) in [6.07, 6.45) is 3.44. The maximum Gasteiger partial charge on any atom is 0.191 e. The second-order valence-electron chi connectivity index (χ2n) is 6.13. The van der Waals surface area contributed by atoms with Gasteiger partial charge in [-0.1, -0.05) is 18.2 Å². The summed E-state index contributed by atoms with van der Waals surface area (Å²) in [5.74, 6) is 1.41. The number of halogens is 1. The minimum atomic E-state index is -0.675. The summed E-state index contributed by atoms with van der Waals surface area (Å²) in [5, 5.41) is 16.9. The highest BCUT2D eigenvalue weighted by Crippen LogP contribution is 2.18. The fourth-order valence-electron chi connectivity index (χ4n) is 2.74. The van der Waals surface area contributed by atoms with Gasteiger partial charge in [0.05, 0.1) is 31.9 Å². The highest BCUT2D eigenvalue weighted by atomic mass is 127. The number of aliphatic imine (C=N–C) groups is 1. The van der Waals surface area contributed by atoms with E-state index in [0.717, 1.165) is 30.8 Å². The molecule has 0 aliphatic carbocycles. The number of methoxy groups -OCH3 is 1. The van der Waals surface area contributed by atoms with Crippen molar-refractivity contribution in [2.45, 2.75) is 38.0 Å². The third-order valence-corrected chi connectivity index (χ3v) is 4.22. The smallest absolute Gasteiger partial charge is 0.191 e. The summed E-state index contributed by atoms with van der Waals surface area (Å²) < 4.78 is 10.8. The van der Waals surface area contributed by atoms with E-state index in [-0.39, 0.29) is 42.7 Å². The highest BCUT2D eigenvalue weighted by Gasteiger charge is 2.23. The largest absolute Gasteiger partial charge is 0.497 e. The van der Waals surface area contributed by atoms with Crippen LogP contribution < -0.4 is 15.4 Å². The molecule has 0 amide bonds. The molecule has 2 rings (SSSR count). The zero-order chi connectivity index (χ0) is 18.1. The summed E-state index contributed by atoms with van der Waals surface area (Å²) >= 11 is 0. The maximum absolute atomic E-state index is 10.4. The number of hydrogen-bond acceptors (Lipinski definition) is 4. The lowest BCUT2D eigenvalue weighted by Crippen LogP contribution is -2.47. The Kier molecular flexibility index (Phi) is 10.6. The van der Waals surface area contributed by atoms with Gasteiger partial charge >= 0.3 is 0 Å². The number of aliphatic hydroxyl groups is 1. The van der Waals surface area contributed by atoms with Crippen LogP contribution in [-0.4, -0.2) is 50.0 Å². The van der Waals surface area contributed by atoms with Crippen molar-refractivity contribution in [3.05, 3.63) is 42.5 Å². The van der Waals surface area contributed by atoms with Crippen molar-refractivity contribution >= 4 is 29.9 Å². The molecule has 0 radical (unpaired) electrons. The molecule has 26 heavy (non-hydrogen) atoms. The molecule has 6 nitrogen and oxygen atoms in total. The Labute approximate surface area is 173 Å². The summed E-state index contributed by atoms with van der Waals surface area (Å²) in [6.45, 7) is 7.48. The lowest BCUT2D eigenvalue weighted by atomic mass is 10.1. The molecule has 1 saturated heterocycles. The normalized spacial score (nSPS) is 19.2. The second-order valence-corrected chi connectivity index (χ2v) is 6.13. The predicted octanol–water partition coefficient (Wildman–Crippen LogP) is 2.64. The Morgan fingerprint density at radius 2 is 2.19 bits per heavy atom. The summed E-state index contributed by atoms with van der Waals surface area (Å²) in [6, 6.07) is 7.50. The third kappa shape index (κ3) is 7.13. The molecule has 3 atom stereocenters. The van der Waals surface area contributed by atoms with E-state index in [0.29, 0.717) is 12.5 Å². The Hall–Kier alpha value is -1.32. The second kappa shape index (κ2) is 12.1. The van der Waals surface area contributed by atoms with Gasteiger partial charge in [-0.25, -0.2) is 0 Å². The monoisotopic (exact) mass is 475 g/mol. The van der Waals surface area contributed by atoms with Gasteiger partial charge in [0.25, 0.3) is 0 Å². The number of guanidine groups is 1. The van der Waals surface area contributed by atoms with Crippen molar-refractivity contribution in [1.29, 1.82) is 0 Å². The fourth-order valence-corrected chi connectivity index (χ4v) is 2.74. The van der Waals surface area contributed by atoms with Gasteiger partial charge in [0.1, 0.15) is 5.75 Å². The molecule has 1 heterocycles. The molecule has 3 N–H and O–H groups in total. The van der Waals surface area contributed by atoms with E-state index in [1.165, 1.54) is 0 Å². The fraction of sp³-hybridized carbons (Fsp3) is 0.526. The first-order chi connectivity index (χ1) is 12.1. The number of hydrogen-bond donors (Lipinski definition) is 3. The first-order valence-electron chi connectivity index (χ1n) is 8.73. The minimum Gasteiger partial charge on any atom is -0.497 e. The zero-order valence-electron chi connectivity index (χ0n) is 15.5. The number of benzene rings is 1. The van der Waals surface area contributed by atoms with Crippen LogP contribution in [0.2, 0.25) is 0 Å². The summed E-state index contributed by atoms with van der Waals surface area (Å²) in [7, 11) is 1.62. The van der Waals surface area contributed by atoms with Crippen LogP contribution >= 0.6 is 24.0 Å². The van der Waals surface area contributed by atoms with Crippen molar-refractivity contribution in [2.24, 2.45) is 4.99 Å². The van der Waals surface area contributed by atoms with E-state index in [4.69, 9.17) is 9.47 Å². The molecule has 1 aliphatic heterocycles. The molecule has 0 bridgehead atoms. The number of ether oxygens (including phenoxy) is 2. The van der Waals surface area contributed by atoms with E-state index in [1.54, 1.807) is 13.2 Å². The van der Waals surface area contributed by atoms with Gasteiger partial charge in [0, 0.05) is 13.2 Å². The molecule has 146 valence electrons. The van der Waals surface area contributed by atoms with Crippen LogP contribution in [0.15, 0.2) is 41.9 Å². The first kappa shape index (κ1) is 22.7. The lowest BCUT2D eigenvalue weighted by Gasteiger charge is -2.23.